The van der Waals surface area contributed by atoms with E-state index in [2.05, 4.69) is 4.98 Å². The maximum atomic E-state index is 12.2. The van der Waals surface area contributed by atoms with Crippen LogP contribution < -0.4 is 4.74 Å². The van der Waals surface area contributed by atoms with E-state index in [1.165, 1.54) is 18.5 Å². The average Bonchev–Trinajstić information content (AvgIpc) is 2.90. The zero-order chi connectivity index (χ0) is 18.0. The Morgan fingerprint density at radius 3 is 2.76 bits per heavy atom. The molecule has 2 aromatic heterocycles. The van der Waals surface area contributed by atoms with Crippen LogP contribution in [-0.4, -0.2) is 23.5 Å². The van der Waals surface area contributed by atoms with E-state index < -0.39 is 11.9 Å². The monoisotopic (exact) mass is 359 g/mol. The molecule has 0 atom stereocenters. The van der Waals surface area contributed by atoms with Crippen LogP contribution in [0.15, 0.2) is 41.1 Å². The Balaban J connectivity index is 1.95. The Kier molecular flexibility index (Phi) is 4.72. The molecular formula is C18H14ClNO5. The molecule has 0 unspecified atom stereocenters. The van der Waals surface area contributed by atoms with E-state index in [1.807, 2.05) is 0 Å². The van der Waals surface area contributed by atoms with Gasteiger partial charge in [-0.2, -0.15) is 0 Å². The van der Waals surface area contributed by atoms with Crippen molar-refractivity contribution < 1.29 is 23.5 Å². The lowest BCUT2D eigenvalue weighted by atomic mass is 10.1. The molecular weight excluding hydrogens is 346 g/mol. The van der Waals surface area contributed by atoms with Crippen molar-refractivity contribution in [3.05, 3.63) is 58.6 Å². The molecule has 6 nitrogen and oxygen atoms in total. The highest BCUT2D eigenvalue weighted by Crippen LogP contribution is 2.30. The quantitative estimate of drug-likeness (QED) is 0.513. The number of hydrogen-bond acceptors (Lipinski definition) is 6. The maximum Gasteiger partial charge on any atom is 0.345 e. The Morgan fingerprint density at radius 1 is 1.24 bits per heavy atom. The third-order valence-electron chi connectivity index (χ3n) is 3.52. The summed E-state index contributed by atoms with van der Waals surface area (Å²) in [6.45, 7) is 3.65. The molecule has 0 fully saturated rings. The number of rotatable bonds is 4. The molecule has 0 saturated heterocycles. The highest BCUT2D eigenvalue weighted by molar-refractivity contribution is 6.33. The zero-order valence-corrected chi connectivity index (χ0v) is 14.3. The summed E-state index contributed by atoms with van der Waals surface area (Å²) in [7, 11) is 0. The summed E-state index contributed by atoms with van der Waals surface area (Å²) in [5.41, 5.74) is 1.02. The minimum absolute atomic E-state index is 0.194. The lowest BCUT2D eigenvalue weighted by molar-refractivity contribution is 0.0526. The van der Waals surface area contributed by atoms with E-state index in [1.54, 1.807) is 32.0 Å². The molecule has 1 aromatic carbocycles. The minimum atomic E-state index is -0.621. The van der Waals surface area contributed by atoms with Gasteiger partial charge in [0.1, 0.15) is 22.7 Å². The molecule has 0 aliphatic heterocycles. The molecule has 3 rings (SSSR count). The standard InChI is InChI=1S/C18H14ClNO5/c1-3-23-18(22)16-10(2)24-15-5-4-11(8-13(15)16)25-17(21)12-6-7-20-9-14(12)19/h4-9H,3H2,1-2H3. The van der Waals surface area contributed by atoms with Gasteiger partial charge in [0.2, 0.25) is 0 Å². The van der Waals surface area contributed by atoms with Gasteiger partial charge in [0.15, 0.2) is 0 Å². The third kappa shape index (κ3) is 3.34. The molecule has 0 aliphatic carbocycles. The molecule has 0 N–H and O–H groups in total. The van der Waals surface area contributed by atoms with Crippen molar-refractivity contribution in [1.29, 1.82) is 0 Å². The molecule has 25 heavy (non-hydrogen) atoms. The van der Waals surface area contributed by atoms with Gasteiger partial charge in [0.05, 0.1) is 17.2 Å². The van der Waals surface area contributed by atoms with Crippen LogP contribution in [0, 0.1) is 6.92 Å². The van der Waals surface area contributed by atoms with Gasteiger partial charge < -0.3 is 13.9 Å². The molecule has 0 bridgehead atoms. The Bertz CT molecular complexity index is 963. The van der Waals surface area contributed by atoms with E-state index in [0.717, 1.165) is 0 Å². The number of pyridine rings is 1. The highest BCUT2D eigenvalue weighted by atomic mass is 35.5. The van der Waals surface area contributed by atoms with Gasteiger partial charge in [-0.25, -0.2) is 9.59 Å². The van der Waals surface area contributed by atoms with E-state index in [9.17, 15) is 9.59 Å². The SMILES string of the molecule is CCOC(=O)c1c(C)oc2ccc(OC(=O)c3ccncc3Cl)cc12. The molecule has 0 spiro atoms. The smallest absolute Gasteiger partial charge is 0.345 e. The first-order valence-corrected chi connectivity index (χ1v) is 7.91. The number of ether oxygens (including phenoxy) is 2. The minimum Gasteiger partial charge on any atom is -0.462 e. The van der Waals surface area contributed by atoms with Gasteiger partial charge in [0.25, 0.3) is 0 Å². The fourth-order valence-corrected chi connectivity index (χ4v) is 2.62. The van der Waals surface area contributed by atoms with E-state index in [-0.39, 0.29) is 22.9 Å². The van der Waals surface area contributed by atoms with Crippen LogP contribution >= 0.6 is 11.6 Å². The van der Waals surface area contributed by atoms with Crippen molar-refractivity contribution in [1.82, 2.24) is 4.98 Å². The number of carbonyl (C=O) groups is 2. The predicted molar refractivity (Wildman–Crippen MR) is 91.1 cm³/mol. The number of aromatic nitrogens is 1. The van der Waals surface area contributed by atoms with Crippen LogP contribution in [0.25, 0.3) is 11.0 Å². The van der Waals surface area contributed by atoms with Crippen molar-refractivity contribution in [2.45, 2.75) is 13.8 Å². The Labute approximate surface area is 148 Å². The average molecular weight is 360 g/mol. The van der Waals surface area contributed by atoms with Gasteiger partial charge in [0, 0.05) is 17.8 Å². The predicted octanol–water partition coefficient (Wildman–Crippen LogP) is 4.19. The molecule has 0 saturated carbocycles. The van der Waals surface area contributed by atoms with Crippen LogP contribution in [0.3, 0.4) is 0 Å². The fourth-order valence-electron chi connectivity index (χ4n) is 2.42. The maximum absolute atomic E-state index is 12.2. The molecule has 0 amide bonds. The number of halogens is 1. The number of furan rings is 1. The van der Waals surface area contributed by atoms with Gasteiger partial charge in [-0.15, -0.1) is 0 Å². The van der Waals surface area contributed by atoms with Crippen molar-refractivity contribution in [3.63, 3.8) is 0 Å². The molecule has 0 aliphatic rings. The van der Waals surface area contributed by atoms with Crippen molar-refractivity contribution in [2.24, 2.45) is 0 Å². The molecule has 7 heteroatoms. The van der Waals surface area contributed by atoms with Crippen LogP contribution in [0.1, 0.15) is 33.4 Å². The van der Waals surface area contributed by atoms with Crippen molar-refractivity contribution in [3.8, 4) is 5.75 Å². The fraction of sp³-hybridized carbons (Fsp3) is 0.167. The normalized spacial score (nSPS) is 10.7. The van der Waals surface area contributed by atoms with Crippen LogP contribution in [-0.2, 0) is 4.74 Å². The topological polar surface area (TPSA) is 78.6 Å². The molecule has 128 valence electrons. The number of hydrogen-bond donors (Lipinski definition) is 0. The van der Waals surface area contributed by atoms with Gasteiger partial charge in [-0.1, -0.05) is 11.6 Å². The highest BCUT2D eigenvalue weighted by Gasteiger charge is 2.21. The van der Waals surface area contributed by atoms with E-state index >= 15 is 0 Å². The van der Waals surface area contributed by atoms with Crippen molar-refractivity contribution in [2.75, 3.05) is 6.61 Å². The number of aryl methyl sites for hydroxylation is 1. The van der Waals surface area contributed by atoms with E-state index in [4.69, 9.17) is 25.5 Å². The van der Waals surface area contributed by atoms with Crippen LogP contribution in [0.2, 0.25) is 5.02 Å². The van der Waals surface area contributed by atoms with Gasteiger partial charge in [-0.3, -0.25) is 4.98 Å². The summed E-state index contributed by atoms with van der Waals surface area (Å²) >= 11 is 5.95. The second-order valence-corrected chi connectivity index (χ2v) is 5.56. The van der Waals surface area contributed by atoms with E-state index in [0.29, 0.717) is 22.3 Å². The second-order valence-electron chi connectivity index (χ2n) is 5.16. The third-order valence-corrected chi connectivity index (χ3v) is 3.82. The molecule has 2 heterocycles. The first-order valence-electron chi connectivity index (χ1n) is 7.53. The van der Waals surface area contributed by atoms with Crippen LogP contribution in [0.5, 0.6) is 5.75 Å². The Hall–Kier alpha value is -2.86. The largest absolute Gasteiger partial charge is 0.462 e. The summed E-state index contributed by atoms with van der Waals surface area (Å²) in [5.74, 6) is -0.408. The number of esters is 2. The first-order chi connectivity index (χ1) is 12.0. The number of benzene rings is 1. The number of nitrogens with zero attached hydrogens (tertiary/aromatic N) is 1. The molecule has 0 radical (unpaired) electrons. The second kappa shape index (κ2) is 6.94. The summed E-state index contributed by atoms with van der Waals surface area (Å²) in [5, 5.41) is 0.710. The van der Waals surface area contributed by atoms with Gasteiger partial charge >= 0.3 is 11.9 Å². The molecule has 3 aromatic rings. The lowest BCUT2D eigenvalue weighted by Gasteiger charge is -2.06. The first kappa shape index (κ1) is 17.0. The van der Waals surface area contributed by atoms with Crippen LogP contribution in [0.4, 0.5) is 0 Å². The number of carbonyl (C=O) groups excluding carboxylic acids is 2. The summed E-state index contributed by atoms with van der Waals surface area (Å²) < 4.78 is 16.0. The summed E-state index contributed by atoms with van der Waals surface area (Å²) in [4.78, 5) is 28.2. The van der Waals surface area contributed by atoms with Crippen molar-refractivity contribution >= 4 is 34.5 Å². The van der Waals surface area contributed by atoms with Gasteiger partial charge in [-0.05, 0) is 38.1 Å². The number of fused-ring (bicyclic) bond motifs is 1. The zero-order valence-electron chi connectivity index (χ0n) is 13.5. The lowest BCUT2D eigenvalue weighted by Crippen LogP contribution is -2.09. The Morgan fingerprint density at radius 2 is 2.04 bits per heavy atom. The summed E-state index contributed by atoms with van der Waals surface area (Å²) in [6, 6.07) is 6.23. The summed E-state index contributed by atoms with van der Waals surface area (Å²) in [6.07, 6.45) is 2.81.